The maximum absolute atomic E-state index is 13.6. The van der Waals surface area contributed by atoms with E-state index in [-0.39, 0.29) is 25.1 Å². The first-order valence-electron chi connectivity index (χ1n) is 13.8. The van der Waals surface area contributed by atoms with Crippen molar-refractivity contribution in [2.24, 2.45) is 7.05 Å². The molecule has 2 aromatic carbocycles. The largest absolute Gasteiger partial charge is 0.495 e. The smallest absolute Gasteiger partial charge is 0.340 e. The van der Waals surface area contributed by atoms with E-state index in [0.29, 0.717) is 22.4 Å². The number of nitrogens with zero attached hydrogens (tertiary/aromatic N) is 3. The summed E-state index contributed by atoms with van der Waals surface area (Å²) in [6.45, 7) is 8.04. The molecule has 4 aromatic rings. The van der Waals surface area contributed by atoms with Gasteiger partial charge in [0.05, 0.1) is 43.1 Å². The number of ether oxygens (including phenoxy) is 2. The molecule has 2 aliphatic rings. The first-order chi connectivity index (χ1) is 18.8. The number of benzene rings is 2. The van der Waals surface area contributed by atoms with E-state index in [9.17, 15) is 9.59 Å². The Hall–Kier alpha value is -3.78. The van der Waals surface area contributed by atoms with Crippen molar-refractivity contribution in [1.82, 2.24) is 14.0 Å². The molecule has 39 heavy (non-hydrogen) atoms. The number of anilines is 1. The Labute approximate surface area is 228 Å². The molecule has 0 unspecified atom stereocenters. The van der Waals surface area contributed by atoms with Gasteiger partial charge in [-0.15, -0.1) is 0 Å². The van der Waals surface area contributed by atoms with Crippen LogP contribution in [0.15, 0.2) is 30.3 Å². The number of hydrogen-bond donors (Lipinski definition) is 1. The minimum atomic E-state index is -0.404. The lowest BCUT2D eigenvalue weighted by Gasteiger charge is -2.39. The number of rotatable bonds is 6. The molecule has 0 spiro atoms. The molecule has 1 N–H and O–H groups in total. The summed E-state index contributed by atoms with van der Waals surface area (Å²) in [4.78, 5) is 28.9. The Balaban J connectivity index is 1.34. The van der Waals surface area contributed by atoms with Crippen LogP contribution in [0.3, 0.4) is 0 Å². The van der Waals surface area contributed by atoms with E-state index in [1.54, 1.807) is 14.0 Å². The second kappa shape index (κ2) is 9.75. The third kappa shape index (κ3) is 4.00. The number of aromatic nitrogens is 2. The van der Waals surface area contributed by atoms with Crippen molar-refractivity contribution in [3.05, 3.63) is 58.4 Å². The van der Waals surface area contributed by atoms with Crippen LogP contribution in [0.1, 0.15) is 58.7 Å². The molecule has 0 bridgehead atoms. The van der Waals surface area contributed by atoms with Crippen LogP contribution in [0.5, 0.6) is 5.75 Å². The molecule has 1 aliphatic heterocycles. The first-order valence-corrected chi connectivity index (χ1v) is 13.8. The highest BCUT2D eigenvalue weighted by molar-refractivity contribution is 6.14. The van der Waals surface area contributed by atoms with Gasteiger partial charge in [0.15, 0.2) is 0 Å². The number of nitrogens with one attached hydrogen (secondary N) is 1. The van der Waals surface area contributed by atoms with Gasteiger partial charge in [-0.1, -0.05) is 11.6 Å². The summed E-state index contributed by atoms with van der Waals surface area (Å²) in [5.74, 6) is -0.0103. The van der Waals surface area contributed by atoms with E-state index < -0.39 is 5.97 Å². The normalized spacial score (nSPS) is 16.9. The highest BCUT2D eigenvalue weighted by Crippen LogP contribution is 2.43. The summed E-state index contributed by atoms with van der Waals surface area (Å²) in [6, 6.07) is 10.7. The highest BCUT2D eigenvalue weighted by atomic mass is 16.5. The summed E-state index contributed by atoms with van der Waals surface area (Å²) in [7, 11) is 3.48. The van der Waals surface area contributed by atoms with Crippen LogP contribution in [0, 0.1) is 13.8 Å². The van der Waals surface area contributed by atoms with Gasteiger partial charge in [0.25, 0.3) is 0 Å². The van der Waals surface area contributed by atoms with E-state index >= 15 is 0 Å². The van der Waals surface area contributed by atoms with Crippen molar-refractivity contribution in [1.29, 1.82) is 0 Å². The molecular weight excluding hydrogens is 492 g/mol. The van der Waals surface area contributed by atoms with Crippen LogP contribution in [0.25, 0.3) is 21.8 Å². The van der Waals surface area contributed by atoms with E-state index in [1.165, 1.54) is 27.7 Å². The molecule has 0 radical (unpaired) electrons. The molecule has 1 aliphatic carbocycles. The van der Waals surface area contributed by atoms with Crippen LogP contribution in [0.2, 0.25) is 0 Å². The molecule has 0 fully saturated rings. The zero-order valence-electron chi connectivity index (χ0n) is 23.4. The summed E-state index contributed by atoms with van der Waals surface area (Å²) < 4.78 is 15.5. The first kappa shape index (κ1) is 25.5. The van der Waals surface area contributed by atoms with Crippen LogP contribution in [-0.4, -0.2) is 52.7 Å². The maximum Gasteiger partial charge on any atom is 0.340 e. The average Bonchev–Trinajstić information content (AvgIpc) is 3.38. The van der Waals surface area contributed by atoms with E-state index in [4.69, 9.17) is 9.47 Å². The minimum Gasteiger partial charge on any atom is -0.495 e. The number of carbonyl (C=O) groups excluding carboxylic acids is 2. The Bertz CT molecular complexity index is 1630. The number of carbonyl (C=O) groups is 2. The van der Waals surface area contributed by atoms with Crippen molar-refractivity contribution in [2.75, 3.05) is 32.1 Å². The van der Waals surface area contributed by atoms with E-state index in [1.807, 2.05) is 30.7 Å². The zero-order valence-corrected chi connectivity index (χ0v) is 23.4. The van der Waals surface area contributed by atoms with Gasteiger partial charge in [0, 0.05) is 47.8 Å². The molecule has 6 rings (SSSR count). The molecule has 3 heterocycles. The Kier molecular flexibility index (Phi) is 6.38. The summed E-state index contributed by atoms with van der Waals surface area (Å²) in [5.41, 5.74) is 7.99. The quantitative estimate of drug-likeness (QED) is 0.345. The van der Waals surface area contributed by atoms with Gasteiger partial charge in [-0.2, -0.15) is 0 Å². The van der Waals surface area contributed by atoms with E-state index in [2.05, 4.69) is 39.9 Å². The number of aryl methyl sites for hydroxylation is 3. The van der Waals surface area contributed by atoms with Crippen molar-refractivity contribution in [2.45, 2.75) is 52.6 Å². The van der Waals surface area contributed by atoms with Crippen LogP contribution >= 0.6 is 0 Å². The Morgan fingerprint density at radius 2 is 1.90 bits per heavy atom. The third-order valence-corrected chi connectivity index (χ3v) is 8.57. The Morgan fingerprint density at radius 3 is 2.67 bits per heavy atom. The van der Waals surface area contributed by atoms with Gasteiger partial charge in [0.2, 0.25) is 5.91 Å². The SMILES string of the molecule is CCOC(=O)c1c(C)n(C)c2ccc(OC)c(NC(=O)CN3CCn4c5c(c6cc(C)ccc64)CCC[C@H]53)c12. The monoisotopic (exact) mass is 528 g/mol. The van der Waals surface area contributed by atoms with Crippen molar-refractivity contribution >= 4 is 39.4 Å². The lowest BCUT2D eigenvalue weighted by molar-refractivity contribution is -0.118. The zero-order chi connectivity index (χ0) is 27.4. The molecule has 0 saturated carbocycles. The average molecular weight is 529 g/mol. The van der Waals surface area contributed by atoms with Crippen LogP contribution < -0.4 is 10.1 Å². The highest BCUT2D eigenvalue weighted by Gasteiger charge is 2.36. The molecule has 8 heteroatoms. The number of fused-ring (bicyclic) bond motifs is 4. The minimum absolute atomic E-state index is 0.121. The lowest BCUT2D eigenvalue weighted by Crippen LogP contribution is -2.43. The molecule has 2 aromatic heterocycles. The molecule has 0 saturated heterocycles. The van der Waals surface area contributed by atoms with Crippen molar-refractivity contribution < 1.29 is 19.1 Å². The number of esters is 1. The molecule has 204 valence electrons. The fourth-order valence-corrected chi connectivity index (χ4v) is 6.73. The number of methoxy groups -OCH3 is 1. The van der Waals surface area contributed by atoms with E-state index in [0.717, 1.165) is 43.6 Å². The molecular formula is C31H36N4O4. The molecule has 1 atom stereocenters. The summed E-state index contributed by atoms with van der Waals surface area (Å²) >= 11 is 0. The molecule has 1 amide bonds. The number of hydrogen-bond acceptors (Lipinski definition) is 5. The topological polar surface area (TPSA) is 77.7 Å². The van der Waals surface area contributed by atoms with Gasteiger partial charge in [0.1, 0.15) is 5.75 Å². The predicted molar refractivity (Wildman–Crippen MR) is 153 cm³/mol. The fourth-order valence-electron chi connectivity index (χ4n) is 6.73. The van der Waals surface area contributed by atoms with Gasteiger partial charge >= 0.3 is 5.97 Å². The fraction of sp³-hybridized carbons (Fsp3) is 0.419. The molecule has 8 nitrogen and oxygen atoms in total. The van der Waals surface area contributed by atoms with Gasteiger partial charge in [-0.05, 0) is 69.9 Å². The van der Waals surface area contributed by atoms with Gasteiger partial charge < -0.3 is 23.9 Å². The second-order valence-corrected chi connectivity index (χ2v) is 10.7. The Morgan fingerprint density at radius 1 is 1.10 bits per heavy atom. The summed E-state index contributed by atoms with van der Waals surface area (Å²) in [5, 5.41) is 5.14. The van der Waals surface area contributed by atoms with Gasteiger partial charge in [-0.25, -0.2) is 4.79 Å². The standard InChI is InChI=1S/C31H36N4O4/c1-6-39-31(37)27-19(3)33(4)23-12-13-25(38-5)29(28(23)27)32-26(36)17-34-14-15-35-22-11-10-18(2)16-21(22)20-8-7-9-24(34)30(20)35/h10-13,16,24H,6-9,14-15,17H2,1-5H3,(H,32,36)/t24-/m1/s1. The second-order valence-electron chi connectivity index (χ2n) is 10.7. The lowest BCUT2D eigenvalue weighted by atomic mass is 9.89. The van der Waals surface area contributed by atoms with Gasteiger partial charge in [-0.3, -0.25) is 9.69 Å². The van der Waals surface area contributed by atoms with Crippen LogP contribution in [-0.2, 0) is 29.5 Å². The van der Waals surface area contributed by atoms with Crippen molar-refractivity contribution in [3.8, 4) is 5.75 Å². The third-order valence-electron chi connectivity index (χ3n) is 8.57. The van der Waals surface area contributed by atoms with Crippen LogP contribution in [0.4, 0.5) is 5.69 Å². The number of amides is 1. The summed E-state index contributed by atoms with van der Waals surface area (Å²) in [6.07, 6.45) is 3.24. The van der Waals surface area contributed by atoms with Crippen molar-refractivity contribution in [3.63, 3.8) is 0 Å². The predicted octanol–water partition coefficient (Wildman–Crippen LogP) is 5.27. The maximum atomic E-state index is 13.6.